The van der Waals surface area contributed by atoms with Gasteiger partial charge in [-0.15, -0.1) is 0 Å². The highest BCUT2D eigenvalue weighted by molar-refractivity contribution is 5.78. The Morgan fingerprint density at radius 3 is 2.70 bits per heavy atom. The molecule has 0 radical (unpaired) electrons. The zero-order chi connectivity index (χ0) is 20.9. The second-order valence-electron chi connectivity index (χ2n) is 8.57. The molecule has 2 N–H and O–H groups in total. The van der Waals surface area contributed by atoms with Gasteiger partial charge >= 0.3 is 0 Å². The van der Waals surface area contributed by atoms with Crippen LogP contribution in [0.4, 0.5) is 0 Å². The summed E-state index contributed by atoms with van der Waals surface area (Å²) >= 11 is 0. The molecule has 5 nitrogen and oxygen atoms in total. The molecule has 2 atom stereocenters. The molecule has 0 spiro atoms. The van der Waals surface area contributed by atoms with Crippen molar-refractivity contribution in [3.63, 3.8) is 0 Å². The smallest absolute Gasteiger partial charge is 0.234 e. The average Bonchev–Trinajstić information content (AvgIpc) is 2.99. The molecule has 2 unspecified atom stereocenters. The minimum atomic E-state index is 0.0386. The second kappa shape index (κ2) is 9.52. The predicted octanol–water partition coefficient (Wildman–Crippen LogP) is 4.33. The van der Waals surface area contributed by atoms with Gasteiger partial charge in [0.25, 0.3) is 0 Å². The van der Waals surface area contributed by atoms with Crippen LogP contribution in [0.25, 0.3) is 0 Å². The molecule has 0 aromatic heterocycles. The number of hydrogen-bond donors (Lipinski definition) is 2. The number of carbonyl (C=O) groups is 1. The zero-order valence-corrected chi connectivity index (χ0v) is 17.9. The lowest BCUT2D eigenvalue weighted by atomic mass is 9.88. The molecule has 1 amide bonds. The van der Waals surface area contributed by atoms with Crippen molar-refractivity contribution in [2.45, 2.75) is 51.6 Å². The Morgan fingerprint density at radius 1 is 1.07 bits per heavy atom. The normalized spacial score (nSPS) is 19.0. The van der Waals surface area contributed by atoms with E-state index in [1.54, 1.807) is 0 Å². The minimum Gasteiger partial charge on any atom is -0.490 e. The molecule has 0 saturated carbocycles. The Hall–Kier alpha value is -2.53. The molecular weight excluding hydrogens is 376 g/mol. The standard InChI is InChI=1S/C25H32N2O3/c1-17(2)25(19-11-12-22-23(15-19)30-14-6-13-29-22)26-16-24(28)27-21-10-5-8-18-7-3-4-9-20(18)21/h3-4,7,9,11-12,15,17,21,25-26H,5-6,8,10,13-14,16H2,1-2H3,(H,27,28). The highest BCUT2D eigenvalue weighted by atomic mass is 16.5. The summed E-state index contributed by atoms with van der Waals surface area (Å²) in [6.07, 6.45) is 4.10. The third kappa shape index (κ3) is 4.78. The van der Waals surface area contributed by atoms with E-state index < -0.39 is 0 Å². The summed E-state index contributed by atoms with van der Waals surface area (Å²) in [5.74, 6) is 1.96. The first-order chi connectivity index (χ1) is 14.6. The molecule has 5 heteroatoms. The van der Waals surface area contributed by atoms with Gasteiger partial charge in [-0.2, -0.15) is 0 Å². The van der Waals surface area contributed by atoms with E-state index in [1.165, 1.54) is 11.1 Å². The lowest BCUT2D eigenvalue weighted by molar-refractivity contribution is -0.121. The number of carbonyl (C=O) groups excluding carboxylic acids is 1. The van der Waals surface area contributed by atoms with Crippen molar-refractivity contribution in [2.24, 2.45) is 5.92 Å². The van der Waals surface area contributed by atoms with E-state index in [0.29, 0.717) is 19.1 Å². The third-order valence-corrected chi connectivity index (χ3v) is 5.98. The molecule has 2 aromatic carbocycles. The fourth-order valence-electron chi connectivity index (χ4n) is 4.46. The molecule has 2 aliphatic rings. The SMILES string of the molecule is CC(C)C(NCC(=O)NC1CCCc2ccccc21)c1ccc2c(c1)OCCCO2. The molecule has 0 saturated heterocycles. The number of fused-ring (bicyclic) bond motifs is 2. The highest BCUT2D eigenvalue weighted by Crippen LogP contribution is 2.34. The Bertz CT molecular complexity index is 880. The fourth-order valence-corrected chi connectivity index (χ4v) is 4.46. The largest absolute Gasteiger partial charge is 0.490 e. The fraction of sp³-hybridized carbons (Fsp3) is 0.480. The van der Waals surface area contributed by atoms with E-state index >= 15 is 0 Å². The molecule has 0 bridgehead atoms. The van der Waals surface area contributed by atoms with Crippen LogP contribution in [-0.2, 0) is 11.2 Å². The number of aryl methyl sites for hydroxylation is 1. The number of benzene rings is 2. The number of rotatable bonds is 6. The number of hydrogen-bond acceptors (Lipinski definition) is 4. The first-order valence-electron chi connectivity index (χ1n) is 11.1. The summed E-state index contributed by atoms with van der Waals surface area (Å²) in [6.45, 7) is 5.96. The van der Waals surface area contributed by atoms with E-state index in [2.05, 4.69) is 54.8 Å². The topological polar surface area (TPSA) is 59.6 Å². The summed E-state index contributed by atoms with van der Waals surface area (Å²) in [7, 11) is 0. The maximum absolute atomic E-state index is 12.7. The quantitative estimate of drug-likeness (QED) is 0.747. The predicted molar refractivity (Wildman–Crippen MR) is 118 cm³/mol. The van der Waals surface area contributed by atoms with Crippen LogP contribution in [0.15, 0.2) is 42.5 Å². The van der Waals surface area contributed by atoms with Crippen LogP contribution in [0.2, 0.25) is 0 Å². The number of ether oxygens (including phenoxy) is 2. The molecular formula is C25H32N2O3. The van der Waals surface area contributed by atoms with Gasteiger partial charge in [-0.05, 0) is 54.0 Å². The first kappa shape index (κ1) is 20.7. The van der Waals surface area contributed by atoms with Crippen molar-refractivity contribution in [2.75, 3.05) is 19.8 Å². The Labute approximate surface area is 179 Å². The van der Waals surface area contributed by atoms with Gasteiger partial charge < -0.3 is 20.1 Å². The van der Waals surface area contributed by atoms with Crippen molar-refractivity contribution in [3.8, 4) is 11.5 Å². The second-order valence-corrected chi connectivity index (χ2v) is 8.57. The van der Waals surface area contributed by atoms with Crippen LogP contribution in [0, 0.1) is 5.92 Å². The molecule has 2 aromatic rings. The van der Waals surface area contributed by atoms with Crippen molar-refractivity contribution in [3.05, 3.63) is 59.2 Å². The summed E-state index contributed by atoms with van der Waals surface area (Å²) in [5.41, 5.74) is 3.74. The Kier molecular flexibility index (Phi) is 6.58. The van der Waals surface area contributed by atoms with Crippen LogP contribution in [0.1, 0.15) is 61.9 Å². The van der Waals surface area contributed by atoms with Crippen molar-refractivity contribution in [1.29, 1.82) is 0 Å². The monoisotopic (exact) mass is 408 g/mol. The number of amides is 1. The highest BCUT2D eigenvalue weighted by Gasteiger charge is 2.23. The van der Waals surface area contributed by atoms with Gasteiger partial charge in [0.05, 0.1) is 25.8 Å². The van der Waals surface area contributed by atoms with Crippen LogP contribution in [0.5, 0.6) is 11.5 Å². The van der Waals surface area contributed by atoms with Gasteiger partial charge in [0, 0.05) is 12.5 Å². The Morgan fingerprint density at radius 2 is 1.87 bits per heavy atom. The molecule has 1 aliphatic carbocycles. The van der Waals surface area contributed by atoms with E-state index in [4.69, 9.17) is 9.47 Å². The zero-order valence-electron chi connectivity index (χ0n) is 17.9. The van der Waals surface area contributed by atoms with Crippen molar-refractivity contribution in [1.82, 2.24) is 10.6 Å². The summed E-state index contributed by atoms with van der Waals surface area (Å²) in [5, 5.41) is 6.70. The molecule has 4 rings (SSSR count). The Balaban J connectivity index is 1.40. The summed E-state index contributed by atoms with van der Waals surface area (Å²) in [6, 6.07) is 14.7. The maximum Gasteiger partial charge on any atom is 0.234 e. The maximum atomic E-state index is 12.7. The van der Waals surface area contributed by atoms with E-state index in [9.17, 15) is 4.79 Å². The summed E-state index contributed by atoms with van der Waals surface area (Å²) in [4.78, 5) is 12.7. The molecule has 1 heterocycles. The summed E-state index contributed by atoms with van der Waals surface area (Å²) < 4.78 is 11.6. The van der Waals surface area contributed by atoms with Gasteiger partial charge in [-0.25, -0.2) is 0 Å². The lowest BCUT2D eigenvalue weighted by Gasteiger charge is -2.27. The average molecular weight is 409 g/mol. The van der Waals surface area contributed by atoms with Gasteiger partial charge in [0.1, 0.15) is 0 Å². The first-order valence-corrected chi connectivity index (χ1v) is 11.1. The van der Waals surface area contributed by atoms with E-state index in [0.717, 1.165) is 42.7 Å². The van der Waals surface area contributed by atoms with Crippen LogP contribution in [-0.4, -0.2) is 25.7 Å². The van der Waals surface area contributed by atoms with Crippen molar-refractivity contribution >= 4 is 5.91 Å². The van der Waals surface area contributed by atoms with E-state index in [1.807, 2.05) is 12.1 Å². The molecule has 30 heavy (non-hydrogen) atoms. The van der Waals surface area contributed by atoms with Crippen LogP contribution < -0.4 is 20.1 Å². The molecule has 160 valence electrons. The van der Waals surface area contributed by atoms with Gasteiger partial charge in [0.15, 0.2) is 11.5 Å². The molecule has 0 fully saturated rings. The third-order valence-electron chi connectivity index (χ3n) is 5.98. The van der Waals surface area contributed by atoms with E-state index in [-0.39, 0.29) is 24.5 Å². The molecule has 1 aliphatic heterocycles. The van der Waals surface area contributed by atoms with Crippen molar-refractivity contribution < 1.29 is 14.3 Å². The number of nitrogens with one attached hydrogen (secondary N) is 2. The minimum absolute atomic E-state index is 0.0386. The lowest BCUT2D eigenvalue weighted by Crippen LogP contribution is -2.39. The van der Waals surface area contributed by atoms with Crippen LogP contribution >= 0.6 is 0 Å². The van der Waals surface area contributed by atoms with Crippen LogP contribution in [0.3, 0.4) is 0 Å². The van der Waals surface area contributed by atoms with Gasteiger partial charge in [0.2, 0.25) is 5.91 Å². The van der Waals surface area contributed by atoms with Gasteiger partial charge in [-0.3, -0.25) is 4.79 Å². The van der Waals surface area contributed by atoms with Gasteiger partial charge in [-0.1, -0.05) is 44.2 Å².